The molecule has 0 amide bonds. The van der Waals surface area contributed by atoms with Crippen LogP contribution in [0, 0.1) is 23.7 Å². The molecule has 1 nitrogen and oxygen atoms in total. The van der Waals surface area contributed by atoms with Crippen molar-refractivity contribution in [3.63, 3.8) is 0 Å². The average molecular weight is 164 g/mol. The van der Waals surface area contributed by atoms with Gasteiger partial charge in [0, 0.05) is 12.3 Å². The van der Waals surface area contributed by atoms with E-state index in [0.29, 0.717) is 35.9 Å². The van der Waals surface area contributed by atoms with Gasteiger partial charge in [-0.2, -0.15) is 0 Å². The van der Waals surface area contributed by atoms with Crippen molar-refractivity contribution in [2.45, 2.75) is 26.7 Å². The molecule has 0 unspecified atom stereocenters. The Labute approximate surface area is 73.8 Å². The zero-order valence-corrected chi connectivity index (χ0v) is 7.79. The summed E-state index contributed by atoms with van der Waals surface area (Å²) in [4.78, 5) is 11.6. The molecule has 0 N–H and O–H groups in total. The van der Waals surface area contributed by atoms with Crippen LogP contribution >= 0.6 is 0 Å². The Morgan fingerprint density at radius 2 is 2.08 bits per heavy atom. The highest BCUT2D eigenvalue weighted by molar-refractivity contribution is 5.82. The van der Waals surface area contributed by atoms with Crippen LogP contribution in [0.15, 0.2) is 12.2 Å². The molecule has 2 bridgehead atoms. The van der Waals surface area contributed by atoms with Gasteiger partial charge in [-0.1, -0.05) is 26.0 Å². The van der Waals surface area contributed by atoms with Crippen LogP contribution in [-0.2, 0) is 4.79 Å². The van der Waals surface area contributed by atoms with E-state index in [1.165, 1.54) is 6.42 Å². The quantitative estimate of drug-likeness (QED) is 0.573. The van der Waals surface area contributed by atoms with Gasteiger partial charge in [-0.3, -0.25) is 4.79 Å². The van der Waals surface area contributed by atoms with Crippen molar-refractivity contribution in [3.05, 3.63) is 12.2 Å². The number of carbonyl (C=O) groups is 1. The number of ketones is 1. The molecule has 2 aliphatic carbocycles. The summed E-state index contributed by atoms with van der Waals surface area (Å²) >= 11 is 0. The van der Waals surface area contributed by atoms with E-state index in [1.54, 1.807) is 0 Å². The number of allylic oxidation sites excluding steroid dienone is 2. The van der Waals surface area contributed by atoms with Gasteiger partial charge in [0.25, 0.3) is 0 Å². The molecular formula is C11H16O. The normalized spacial score (nSPS) is 43.8. The monoisotopic (exact) mass is 164 g/mol. The molecule has 2 aliphatic rings. The number of hydrogen-bond donors (Lipinski definition) is 0. The number of carbonyl (C=O) groups excluding carboxylic acids is 1. The Morgan fingerprint density at radius 1 is 1.42 bits per heavy atom. The fraction of sp³-hybridized carbons (Fsp3) is 0.727. The molecule has 66 valence electrons. The molecule has 0 heterocycles. The van der Waals surface area contributed by atoms with Gasteiger partial charge < -0.3 is 0 Å². The molecule has 0 spiro atoms. The third-order valence-electron chi connectivity index (χ3n) is 3.57. The molecule has 1 fully saturated rings. The second-order valence-corrected chi connectivity index (χ2v) is 4.15. The van der Waals surface area contributed by atoms with Crippen molar-refractivity contribution in [1.29, 1.82) is 0 Å². The minimum Gasteiger partial charge on any atom is -0.299 e. The maximum absolute atomic E-state index is 11.6. The first-order chi connectivity index (χ1) is 5.74. The Hall–Kier alpha value is -0.590. The highest BCUT2D eigenvalue weighted by Crippen LogP contribution is 2.48. The van der Waals surface area contributed by atoms with Crippen molar-refractivity contribution in [1.82, 2.24) is 0 Å². The number of fused-ring (bicyclic) bond motifs is 2. The summed E-state index contributed by atoms with van der Waals surface area (Å²) in [5.41, 5.74) is 0. The molecule has 0 radical (unpaired) electrons. The summed E-state index contributed by atoms with van der Waals surface area (Å²) in [6, 6.07) is 0. The lowest BCUT2D eigenvalue weighted by Crippen LogP contribution is -2.24. The van der Waals surface area contributed by atoms with Crippen molar-refractivity contribution < 1.29 is 4.79 Å². The molecule has 0 aromatic heterocycles. The fourth-order valence-corrected chi connectivity index (χ4v) is 2.84. The van der Waals surface area contributed by atoms with Crippen LogP contribution in [-0.4, -0.2) is 5.78 Å². The van der Waals surface area contributed by atoms with Gasteiger partial charge in [-0.05, 0) is 24.2 Å². The molecule has 1 heteroatoms. The Balaban J connectivity index is 2.18. The SMILES string of the molecule is CCC(=O)[C@H]1[C@H](C)[C@@H]2C=C[C@H]1C2. The van der Waals surface area contributed by atoms with Crippen molar-refractivity contribution >= 4 is 5.78 Å². The average Bonchev–Trinajstić information content (AvgIpc) is 2.63. The fourth-order valence-electron chi connectivity index (χ4n) is 2.84. The smallest absolute Gasteiger partial charge is 0.136 e. The van der Waals surface area contributed by atoms with Crippen LogP contribution < -0.4 is 0 Å². The molecule has 12 heavy (non-hydrogen) atoms. The van der Waals surface area contributed by atoms with Gasteiger partial charge in [-0.25, -0.2) is 0 Å². The van der Waals surface area contributed by atoms with Gasteiger partial charge in [0.1, 0.15) is 5.78 Å². The minimum atomic E-state index is 0.352. The van der Waals surface area contributed by atoms with Crippen LogP contribution in [0.25, 0.3) is 0 Å². The molecule has 2 rings (SSSR count). The van der Waals surface area contributed by atoms with Gasteiger partial charge in [0.2, 0.25) is 0 Å². The van der Waals surface area contributed by atoms with E-state index in [4.69, 9.17) is 0 Å². The maximum Gasteiger partial charge on any atom is 0.136 e. The summed E-state index contributed by atoms with van der Waals surface area (Å²) in [5, 5.41) is 0. The van der Waals surface area contributed by atoms with E-state index in [9.17, 15) is 4.79 Å². The summed E-state index contributed by atoms with van der Waals surface area (Å²) in [6.07, 6.45) is 6.50. The van der Waals surface area contributed by atoms with Gasteiger partial charge in [0.15, 0.2) is 0 Å². The standard InChI is InChI=1S/C11H16O/c1-3-10(12)11-7(2)8-4-5-9(11)6-8/h4-5,7-9,11H,3,6H2,1-2H3/t7-,8-,9+,11+/m1/s1. The molecule has 0 saturated heterocycles. The van der Waals surface area contributed by atoms with Crippen LogP contribution in [0.1, 0.15) is 26.7 Å². The zero-order chi connectivity index (χ0) is 8.72. The molecule has 0 aliphatic heterocycles. The second kappa shape index (κ2) is 2.72. The summed E-state index contributed by atoms with van der Waals surface area (Å²) in [7, 11) is 0. The first-order valence-corrected chi connectivity index (χ1v) is 4.95. The van der Waals surface area contributed by atoms with E-state index < -0.39 is 0 Å². The van der Waals surface area contributed by atoms with Crippen molar-refractivity contribution in [2.24, 2.45) is 23.7 Å². The maximum atomic E-state index is 11.6. The predicted molar refractivity (Wildman–Crippen MR) is 48.7 cm³/mol. The lowest BCUT2D eigenvalue weighted by Gasteiger charge is -2.22. The predicted octanol–water partition coefficient (Wildman–Crippen LogP) is 2.42. The largest absolute Gasteiger partial charge is 0.299 e. The second-order valence-electron chi connectivity index (χ2n) is 4.15. The topological polar surface area (TPSA) is 17.1 Å². The number of hydrogen-bond acceptors (Lipinski definition) is 1. The first kappa shape index (κ1) is 8.03. The highest BCUT2D eigenvalue weighted by Gasteiger charge is 2.44. The van der Waals surface area contributed by atoms with E-state index in [0.717, 1.165) is 0 Å². The summed E-state index contributed by atoms with van der Waals surface area (Å²) in [5.74, 6) is 2.71. The van der Waals surface area contributed by atoms with Crippen LogP contribution in [0.2, 0.25) is 0 Å². The van der Waals surface area contributed by atoms with E-state index in [2.05, 4.69) is 19.1 Å². The van der Waals surface area contributed by atoms with Gasteiger partial charge in [0.05, 0.1) is 0 Å². The van der Waals surface area contributed by atoms with E-state index in [-0.39, 0.29) is 0 Å². The Morgan fingerprint density at radius 3 is 2.58 bits per heavy atom. The Kier molecular flexibility index (Phi) is 1.82. The van der Waals surface area contributed by atoms with E-state index in [1.807, 2.05) is 6.92 Å². The summed E-state index contributed by atoms with van der Waals surface area (Å²) < 4.78 is 0. The third kappa shape index (κ3) is 0.954. The van der Waals surface area contributed by atoms with Crippen LogP contribution in [0.5, 0.6) is 0 Å². The molecule has 4 atom stereocenters. The van der Waals surface area contributed by atoms with Gasteiger partial charge in [-0.15, -0.1) is 0 Å². The summed E-state index contributed by atoms with van der Waals surface area (Å²) in [6.45, 7) is 4.21. The molecule has 0 aromatic carbocycles. The number of Topliss-reactive ketones (excluding diaryl/α,β-unsaturated/α-hetero) is 1. The lowest BCUT2D eigenvalue weighted by molar-refractivity contribution is -0.124. The van der Waals surface area contributed by atoms with Crippen molar-refractivity contribution in [2.75, 3.05) is 0 Å². The van der Waals surface area contributed by atoms with Gasteiger partial charge >= 0.3 is 0 Å². The molecule has 0 aromatic rings. The van der Waals surface area contributed by atoms with E-state index >= 15 is 0 Å². The molecule has 1 saturated carbocycles. The third-order valence-corrected chi connectivity index (χ3v) is 3.57. The van der Waals surface area contributed by atoms with Crippen LogP contribution in [0.4, 0.5) is 0 Å². The molecular weight excluding hydrogens is 148 g/mol. The lowest BCUT2D eigenvalue weighted by atomic mass is 9.81. The zero-order valence-electron chi connectivity index (χ0n) is 7.79. The van der Waals surface area contributed by atoms with Crippen molar-refractivity contribution in [3.8, 4) is 0 Å². The highest BCUT2D eigenvalue weighted by atomic mass is 16.1. The minimum absolute atomic E-state index is 0.352. The number of rotatable bonds is 2. The van der Waals surface area contributed by atoms with Crippen LogP contribution in [0.3, 0.4) is 0 Å². The first-order valence-electron chi connectivity index (χ1n) is 4.95. The Bertz CT molecular complexity index is 229.